The van der Waals surface area contributed by atoms with Crippen LogP contribution in [0.2, 0.25) is 0 Å². The predicted molar refractivity (Wildman–Crippen MR) is 87.0 cm³/mol. The van der Waals surface area contributed by atoms with E-state index in [9.17, 15) is 9.59 Å². The van der Waals surface area contributed by atoms with E-state index < -0.39 is 0 Å². The summed E-state index contributed by atoms with van der Waals surface area (Å²) in [7, 11) is 0. The molecule has 0 bridgehead atoms. The Labute approximate surface area is 137 Å². The van der Waals surface area contributed by atoms with Crippen LogP contribution in [-0.4, -0.2) is 47.9 Å². The van der Waals surface area contributed by atoms with Crippen LogP contribution >= 0.6 is 0 Å². The van der Waals surface area contributed by atoms with Gasteiger partial charge in [0, 0.05) is 25.6 Å². The lowest BCUT2D eigenvalue weighted by molar-refractivity contribution is -0.140. The Morgan fingerprint density at radius 1 is 1.22 bits per heavy atom. The first kappa shape index (κ1) is 15.8. The number of hydrogen-bond acceptors (Lipinski definition) is 3. The summed E-state index contributed by atoms with van der Waals surface area (Å²) in [6.45, 7) is 5.78. The Balaban J connectivity index is 1.79. The first-order chi connectivity index (χ1) is 11.1. The summed E-state index contributed by atoms with van der Waals surface area (Å²) < 4.78 is 5.67. The highest BCUT2D eigenvalue weighted by atomic mass is 16.5. The van der Waals surface area contributed by atoms with Gasteiger partial charge in [-0.15, -0.1) is 0 Å². The van der Waals surface area contributed by atoms with Crippen LogP contribution in [0.15, 0.2) is 24.3 Å². The zero-order valence-corrected chi connectivity index (χ0v) is 13.8. The fraction of sp³-hybridized carbons (Fsp3) is 0.556. The van der Waals surface area contributed by atoms with Crippen LogP contribution in [0.4, 0.5) is 0 Å². The van der Waals surface area contributed by atoms with Crippen LogP contribution in [0, 0.1) is 5.92 Å². The monoisotopic (exact) mass is 316 g/mol. The molecule has 1 saturated carbocycles. The summed E-state index contributed by atoms with van der Waals surface area (Å²) in [6, 6.07) is 7.83. The van der Waals surface area contributed by atoms with Crippen molar-refractivity contribution in [3.8, 4) is 5.75 Å². The van der Waals surface area contributed by atoms with Crippen molar-refractivity contribution >= 4 is 12.3 Å². The van der Waals surface area contributed by atoms with E-state index >= 15 is 0 Å². The summed E-state index contributed by atoms with van der Waals surface area (Å²) >= 11 is 0. The molecule has 1 aliphatic carbocycles. The van der Waals surface area contributed by atoms with Crippen molar-refractivity contribution < 1.29 is 14.3 Å². The van der Waals surface area contributed by atoms with E-state index in [0.29, 0.717) is 19.6 Å². The van der Waals surface area contributed by atoms with Crippen molar-refractivity contribution in [1.82, 2.24) is 9.80 Å². The number of hydrogen-bond donors (Lipinski definition) is 0. The molecular formula is C18H24N2O3. The van der Waals surface area contributed by atoms with Gasteiger partial charge in [0.1, 0.15) is 5.75 Å². The molecule has 2 aliphatic rings. The smallest absolute Gasteiger partial charge is 0.226 e. The molecule has 23 heavy (non-hydrogen) atoms. The summed E-state index contributed by atoms with van der Waals surface area (Å²) in [6.07, 6.45) is 3.01. The van der Waals surface area contributed by atoms with E-state index in [1.807, 2.05) is 43.0 Å². The molecule has 1 heterocycles. The number of ether oxygens (including phenoxy) is 1. The molecule has 0 aromatic heterocycles. The van der Waals surface area contributed by atoms with Gasteiger partial charge in [0.15, 0.2) is 0 Å². The molecule has 5 heteroatoms. The molecule has 0 N–H and O–H groups in total. The highest BCUT2D eigenvalue weighted by Gasteiger charge is 2.39. The third kappa shape index (κ3) is 3.66. The largest absolute Gasteiger partial charge is 0.491 e. The zero-order chi connectivity index (χ0) is 16.4. The van der Waals surface area contributed by atoms with E-state index in [4.69, 9.17) is 4.74 Å². The molecule has 2 fully saturated rings. The number of amides is 2. The molecule has 2 amide bonds. The lowest BCUT2D eigenvalue weighted by Gasteiger charge is -2.40. The van der Waals surface area contributed by atoms with Crippen LogP contribution in [0.1, 0.15) is 38.3 Å². The second-order valence-corrected chi connectivity index (χ2v) is 6.66. The Morgan fingerprint density at radius 3 is 2.48 bits per heavy atom. The Bertz CT molecular complexity index is 566. The van der Waals surface area contributed by atoms with E-state index in [2.05, 4.69) is 0 Å². The third-order valence-electron chi connectivity index (χ3n) is 4.41. The van der Waals surface area contributed by atoms with Gasteiger partial charge in [0.2, 0.25) is 12.3 Å². The summed E-state index contributed by atoms with van der Waals surface area (Å²) in [5.41, 5.74) is 1.06. The van der Waals surface area contributed by atoms with Crippen LogP contribution in [0.3, 0.4) is 0 Å². The highest BCUT2D eigenvalue weighted by Crippen LogP contribution is 2.35. The predicted octanol–water partition coefficient (Wildman–Crippen LogP) is 2.23. The van der Waals surface area contributed by atoms with Crippen molar-refractivity contribution in [2.45, 2.75) is 38.8 Å². The molecule has 1 saturated heterocycles. The Hall–Kier alpha value is -2.04. The van der Waals surface area contributed by atoms with Crippen molar-refractivity contribution in [3.05, 3.63) is 29.8 Å². The van der Waals surface area contributed by atoms with Gasteiger partial charge in [-0.05, 0) is 44.4 Å². The minimum Gasteiger partial charge on any atom is -0.491 e. The molecule has 124 valence electrons. The van der Waals surface area contributed by atoms with Crippen LogP contribution in [0.25, 0.3) is 0 Å². The lowest BCUT2D eigenvalue weighted by atomic mass is 10.0. The Kier molecular flexibility index (Phi) is 4.55. The normalized spacial score (nSPS) is 21.4. The lowest BCUT2D eigenvalue weighted by Crippen LogP contribution is -2.50. The molecular weight excluding hydrogens is 292 g/mol. The summed E-state index contributed by atoms with van der Waals surface area (Å²) in [5.74, 6) is 1.26. The second kappa shape index (κ2) is 6.60. The maximum Gasteiger partial charge on any atom is 0.226 e. The van der Waals surface area contributed by atoms with Crippen LogP contribution in [0.5, 0.6) is 5.75 Å². The zero-order valence-electron chi connectivity index (χ0n) is 13.8. The SMILES string of the molecule is CC(C)Oc1ccc(C2CN(C=O)CCN2C(=O)C2CC2)cc1. The highest BCUT2D eigenvalue weighted by molar-refractivity contribution is 5.81. The molecule has 0 radical (unpaired) electrons. The van der Waals surface area contributed by atoms with E-state index in [1.54, 1.807) is 4.90 Å². The van der Waals surface area contributed by atoms with Crippen molar-refractivity contribution in [1.29, 1.82) is 0 Å². The van der Waals surface area contributed by atoms with E-state index in [-0.39, 0.29) is 24.0 Å². The molecule has 1 aliphatic heterocycles. The molecule has 1 unspecified atom stereocenters. The average Bonchev–Trinajstić information content (AvgIpc) is 3.39. The van der Waals surface area contributed by atoms with Gasteiger partial charge >= 0.3 is 0 Å². The van der Waals surface area contributed by atoms with Gasteiger partial charge in [-0.25, -0.2) is 0 Å². The number of piperazine rings is 1. The topological polar surface area (TPSA) is 49.9 Å². The minimum atomic E-state index is -0.0600. The molecule has 1 atom stereocenters. The number of carbonyl (C=O) groups is 2. The number of rotatable bonds is 5. The fourth-order valence-corrected chi connectivity index (χ4v) is 3.05. The Morgan fingerprint density at radius 2 is 1.91 bits per heavy atom. The maximum atomic E-state index is 12.5. The van der Waals surface area contributed by atoms with Gasteiger partial charge in [-0.3, -0.25) is 9.59 Å². The van der Waals surface area contributed by atoms with Gasteiger partial charge in [0.05, 0.1) is 12.1 Å². The van der Waals surface area contributed by atoms with Crippen molar-refractivity contribution in [3.63, 3.8) is 0 Å². The minimum absolute atomic E-state index is 0.0600. The van der Waals surface area contributed by atoms with Crippen LogP contribution < -0.4 is 4.74 Å². The number of benzene rings is 1. The fourth-order valence-electron chi connectivity index (χ4n) is 3.05. The molecule has 1 aromatic carbocycles. The molecule has 0 spiro atoms. The maximum absolute atomic E-state index is 12.5. The van der Waals surface area contributed by atoms with Crippen LogP contribution in [-0.2, 0) is 9.59 Å². The standard InChI is InChI=1S/C18H24N2O3/c1-13(2)23-16-7-5-14(6-8-16)17-11-19(12-21)9-10-20(17)18(22)15-3-4-15/h5-8,12-13,15,17H,3-4,9-11H2,1-2H3. The van der Waals surface area contributed by atoms with Gasteiger partial charge in [0.25, 0.3) is 0 Å². The first-order valence-electron chi connectivity index (χ1n) is 8.35. The summed E-state index contributed by atoms with van der Waals surface area (Å²) in [4.78, 5) is 27.4. The van der Waals surface area contributed by atoms with Gasteiger partial charge in [-0.2, -0.15) is 0 Å². The average molecular weight is 316 g/mol. The molecule has 3 rings (SSSR count). The van der Waals surface area contributed by atoms with Crippen molar-refractivity contribution in [2.75, 3.05) is 19.6 Å². The molecule has 1 aromatic rings. The van der Waals surface area contributed by atoms with Gasteiger partial charge in [-0.1, -0.05) is 12.1 Å². The van der Waals surface area contributed by atoms with Gasteiger partial charge < -0.3 is 14.5 Å². The summed E-state index contributed by atoms with van der Waals surface area (Å²) in [5, 5.41) is 0. The quantitative estimate of drug-likeness (QED) is 0.783. The number of carbonyl (C=O) groups excluding carboxylic acids is 2. The van der Waals surface area contributed by atoms with Crippen molar-refractivity contribution in [2.24, 2.45) is 5.92 Å². The second-order valence-electron chi connectivity index (χ2n) is 6.66. The van der Waals surface area contributed by atoms with E-state index in [1.165, 1.54) is 0 Å². The first-order valence-corrected chi connectivity index (χ1v) is 8.35. The number of nitrogens with zero attached hydrogens (tertiary/aromatic N) is 2. The van der Waals surface area contributed by atoms with E-state index in [0.717, 1.165) is 30.6 Å². The third-order valence-corrected chi connectivity index (χ3v) is 4.41. The molecule has 5 nitrogen and oxygen atoms in total.